The molecule has 1 aromatic heterocycles. The second-order valence-corrected chi connectivity index (χ2v) is 4.34. The first kappa shape index (κ1) is 10.8. The maximum Gasteiger partial charge on any atom is 0.102 e. The molecule has 0 radical (unpaired) electrons. The lowest BCUT2D eigenvalue weighted by atomic mass is 9.83. The third-order valence-corrected chi connectivity index (χ3v) is 3.17. The molecule has 0 bridgehead atoms. The Kier molecular flexibility index (Phi) is 2.95. The van der Waals surface area contributed by atoms with Gasteiger partial charge < -0.3 is 0 Å². The average molecular weight is 191 g/mol. The van der Waals surface area contributed by atoms with E-state index in [2.05, 4.69) is 38.9 Å². The first-order chi connectivity index (χ1) is 6.51. The molecule has 0 aliphatic carbocycles. The van der Waals surface area contributed by atoms with Gasteiger partial charge in [0.05, 0.1) is 17.8 Å². The van der Waals surface area contributed by atoms with E-state index in [0.29, 0.717) is 11.6 Å². The lowest BCUT2D eigenvalue weighted by Gasteiger charge is -2.30. The summed E-state index contributed by atoms with van der Waals surface area (Å²) in [6.45, 7) is 8.74. The second-order valence-electron chi connectivity index (χ2n) is 4.34. The van der Waals surface area contributed by atoms with Crippen molar-refractivity contribution in [2.24, 2.45) is 5.41 Å². The van der Waals surface area contributed by atoms with E-state index in [-0.39, 0.29) is 5.41 Å². The molecule has 14 heavy (non-hydrogen) atoms. The van der Waals surface area contributed by atoms with E-state index in [1.54, 1.807) is 6.20 Å². The van der Waals surface area contributed by atoms with Gasteiger partial charge in [0.15, 0.2) is 0 Å². The topological polar surface area (TPSA) is 41.6 Å². The Labute approximate surface area is 85.4 Å². The summed E-state index contributed by atoms with van der Waals surface area (Å²) in [5.74, 6) is 0. The van der Waals surface area contributed by atoms with Gasteiger partial charge in [-0.15, -0.1) is 0 Å². The lowest BCUT2D eigenvalue weighted by molar-refractivity contribution is 0.209. The molecule has 76 valence electrons. The molecule has 0 aliphatic heterocycles. The Morgan fingerprint density at radius 2 is 2.29 bits per heavy atom. The van der Waals surface area contributed by atoms with E-state index in [4.69, 9.17) is 5.26 Å². The molecule has 0 aliphatic rings. The molecule has 0 N–H and O–H groups in total. The molecule has 0 spiro atoms. The van der Waals surface area contributed by atoms with E-state index in [1.165, 1.54) is 0 Å². The van der Waals surface area contributed by atoms with Crippen molar-refractivity contribution < 1.29 is 0 Å². The van der Waals surface area contributed by atoms with Crippen molar-refractivity contribution in [1.29, 1.82) is 5.26 Å². The van der Waals surface area contributed by atoms with E-state index < -0.39 is 0 Å². The molecule has 3 nitrogen and oxygen atoms in total. The molecular weight excluding hydrogens is 174 g/mol. The van der Waals surface area contributed by atoms with Crippen LogP contribution in [0.1, 0.15) is 45.7 Å². The van der Waals surface area contributed by atoms with Gasteiger partial charge in [-0.25, -0.2) is 0 Å². The van der Waals surface area contributed by atoms with Crippen LogP contribution in [0.5, 0.6) is 0 Å². The highest BCUT2D eigenvalue weighted by molar-refractivity contribution is 5.21. The molecule has 0 fully saturated rings. The van der Waals surface area contributed by atoms with Crippen LogP contribution in [0.3, 0.4) is 0 Å². The summed E-state index contributed by atoms with van der Waals surface area (Å²) < 4.78 is 1.88. The summed E-state index contributed by atoms with van der Waals surface area (Å²) in [5, 5.41) is 12.9. The fraction of sp³-hybridized carbons (Fsp3) is 0.636. The van der Waals surface area contributed by atoms with Crippen molar-refractivity contribution in [2.75, 3.05) is 0 Å². The molecule has 0 saturated carbocycles. The Hall–Kier alpha value is -1.30. The number of rotatable bonds is 3. The number of hydrogen-bond acceptors (Lipinski definition) is 2. The Bertz CT molecular complexity index is 344. The smallest absolute Gasteiger partial charge is 0.102 e. The Balaban J connectivity index is 2.90. The normalized spacial score (nSPS) is 13.6. The Morgan fingerprint density at radius 3 is 2.71 bits per heavy atom. The van der Waals surface area contributed by atoms with E-state index in [0.717, 1.165) is 6.42 Å². The maximum absolute atomic E-state index is 8.69. The van der Waals surface area contributed by atoms with E-state index in [1.807, 2.05) is 10.9 Å². The highest BCUT2D eigenvalue weighted by atomic mass is 15.3. The van der Waals surface area contributed by atoms with Gasteiger partial charge in [0.25, 0.3) is 0 Å². The quantitative estimate of drug-likeness (QED) is 0.737. The van der Waals surface area contributed by atoms with Crippen molar-refractivity contribution in [1.82, 2.24) is 9.78 Å². The first-order valence-corrected chi connectivity index (χ1v) is 4.95. The number of nitrogens with zero attached hydrogens (tertiary/aromatic N) is 3. The largest absolute Gasteiger partial charge is 0.268 e. The highest BCUT2D eigenvalue weighted by Crippen LogP contribution is 2.33. The molecule has 3 heteroatoms. The summed E-state index contributed by atoms with van der Waals surface area (Å²) >= 11 is 0. The van der Waals surface area contributed by atoms with Gasteiger partial charge >= 0.3 is 0 Å². The lowest BCUT2D eigenvalue weighted by Crippen LogP contribution is -2.24. The number of nitriles is 1. The van der Waals surface area contributed by atoms with Crippen LogP contribution in [0.25, 0.3) is 0 Å². The molecule has 1 atom stereocenters. The van der Waals surface area contributed by atoms with Gasteiger partial charge in [-0.3, -0.25) is 4.68 Å². The van der Waals surface area contributed by atoms with Gasteiger partial charge in [0, 0.05) is 6.20 Å². The minimum absolute atomic E-state index is 0.207. The van der Waals surface area contributed by atoms with Gasteiger partial charge in [-0.2, -0.15) is 10.4 Å². The van der Waals surface area contributed by atoms with Crippen LogP contribution in [0.4, 0.5) is 0 Å². The van der Waals surface area contributed by atoms with Crippen LogP contribution in [-0.2, 0) is 0 Å². The first-order valence-electron chi connectivity index (χ1n) is 4.95. The zero-order valence-electron chi connectivity index (χ0n) is 9.28. The van der Waals surface area contributed by atoms with Gasteiger partial charge in [0.1, 0.15) is 6.07 Å². The van der Waals surface area contributed by atoms with Crippen LogP contribution in [0, 0.1) is 16.7 Å². The minimum Gasteiger partial charge on any atom is -0.268 e. The monoisotopic (exact) mass is 191 g/mol. The predicted molar refractivity (Wildman–Crippen MR) is 55.7 cm³/mol. The van der Waals surface area contributed by atoms with Crippen molar-refractivity contribution in [3.8, 4) is 6.07 Å². The second kappa shape index (κ2) is 3.83. The van der Waals surface area contributed by atoms with Crippen molar-refractivity contribution >= 4 is 0 Å². The number of aromatic nitrogens is 2. The standard InChI is InChI=1S/C11H17N3/c1-5-11(3,4)9(2)14-8-10(6-12)7-13-14/h7-9H,5H2,1-4H3/t9-/m0/s1. The van der Waals surface area contributed by atoms with E-state index >= 15 is 0 Å². The van der Waals surface area contributed by atoms with Crippen molar-refractivity contribution in [3.05, 3.63) is 18.0 Å². The molecule has 0 saturated heterocycles. The molecule has 0 aromatic carbocycles. The molecule has 1 heterocycles. The molecular formula is C11H17N3. The minimum atomic E-state index is 0.207. The summed E-state index contributed by atoms with van der Waals surface area (Å²) in [4.78, 5) is 0. The van der Waals surface area contributed by atoms with Crippen LogP contribution in [0.2, 0.25) is 0 Å². The van der Waals surface area contributed by atoms with Gasteiger partial charge in [-0.1, -0.05) is 20.8 Å². The van der Waals surface area contributed by atoms with Crippen LogP contribution < -0.4 is 0 Å². The third-order valence-electron chi connectivity index (χ3n) is 3.17. The fourth-order valence-corrected chi connectivity index (χ4v) is 1.26. The zero-order valence-corrected chi connectivity index (χ0v) is 9.28. The van der Waals surface area contributed by atoms with Crippen molar-refractivity contribution in [3.63, 3.8) is 0 Å². The van der Waals surface area contributed by atoms with E-state index in [9.17, 15) is 0 Å². The predicted octanol–water partition coefficient (Wildman–Crippen LogP) is 2.75. The van der Waals surface area contributed by atoms with Crippen LogP contribution in [-0.4, -0.2) is 9.78 Å². The van der Waals surface area contributed by atoms with Gasteiger partial charge in [-0.05, 0) is 18.8 Å². The number of hydrogen-bond donors (Lipinski definition) is 0. The Morgan fingerprint density at radius 1 is 1.64 bits per heavy atom. The summed E-state index contributed by atoms with van der Waals surface area (Å²) in [6.07, 6.45) is 4.51. The molecule has 0 unspecified atom stereocenters. The molecule has 1 aromatic rings. The van der Waals surface area contributed by atoms with Crippen LogP contribution >= 0.6 is 0 Å². The average Bonchev–Trinajstić information content (AvgIpc) is 2.64. The van der Waals surface area contributed by atoms with Crippen molar-refractivity contribution in [2.45, 2.75) is 40.2 Å². The SMILES string of the molecule is CCC(C)(C)[C@H](C)n1cc(C#N)cn1. The third kappa shape index (κ3) is 1.95. The molecule has 1 rings (SSSR count). The van der Waals surface area contributed by atoms with Gasteiger partial charge in [0.2, 0.25) is 0 Å². The zero-order chi connectivity index (χ0) is 10.8. The summed E-state index contributed by atoms with van der Waals surface area (Å²) in [7, 11) is 0. The summed E-state index contributed by atoms with van der Waals surface area (Å²) in [5.41, 5.74) is 0.836. The fourth-order valence-electron chi connectivity index (χ4n) is 1.26. The van der Waals surface area contributed by atoms with Crippen LogP contribution in [0.15, 0.2) is 12.4 Å². The molecule has 0 amide bonds. The maximum atomic E-state index is 8.69. The summed E-state index contributed by atoms with van der Waals surface area (Å²) in [6, 6.07) is 2.40. The highest BCUT2D eigenvalue weighted by Gasteiger charge is 2.25.